The van der Waals surface area contributed by atoms with Gasteiger partial charge in [-0.15, -0.1) is 0 Å². The van der Waals surface area contributed by atoms with Crippen LogP contribution in [0, 0.1) is 0 Å². The Kier molecular flexibility index (Phi) is 5.31. The van der Waals surface area contributed by atoms with Crippen LogP contribution in [0.1, 0.15) is 23.3 Å². The molecular weight excluding hydrogens is 314 g/mol. The number of hydrogen-bond donors (Lipinski definition) is 2. The molecule has 2 rings (SSSR count). The highest BCUT2D eigenvalue weighted by molar-refractivity contribution is 7.91. The number of sulfone groups is 1. The number of rotatable bonds is 5. The Hall–Kier alpha value is -2.44. The van der Waals surface area contributed by atoms with Crippen molar-refractivity contribution < 1.29 is 18.4 Å². The topological polar surface area (TPSA) is 83.5 Å². The fourth-order valence-corrected chi connectivity index (χ4v) is 3.60. The zero-order valence-electron chi connectivity index (χ0n) is 12.5. The van der Waals surface area contributed by atoms with Crippen LogP contribution in [0.25, 0.3) is 6.08 Å². The molecule has 0 heterocycles. The van der Waals surface area contributed by atoms with E-state index in [9.17, 15) is 13.2 Å². The molecule has 0 spiro atoms. The minimum atomic E-state index is -3.54. The highest BCUT2D eigenvalue weighted by atomic mass is 32.2. The van der Waals surface area contributed by atoms with Crippen LogP contribution in [-0.2, 0) is 14.6 Å². The first-order chi connectivity index (χ1) is 10.9. The van der Waals surface area contributed by atoms with Gasteiger partial charge in [-0.05, 0) is 36.3 Å². The van der Waals surface area contributed by atoms with E-state index < -0.39 is 21.0 Å². The molecule has 0 fully saturated rings. The molecule has 1 atom stereocenters. The Balaban J connectivity index is 2.34. The second kappa shape index (κ2) is 7.21. The molecule has 0 aliphatic rings. The molecule has 23 heavy (non-hydrogen) atoms. The minimum Gasteiger partial charge on any atom is -0.288 e. The van der Waals surface area contributed by atoms with Gasteiger partial charge < -0.3 is 0 Å². The van der Waals surface area contributed by atoms with Gasteiger partial charge in [0.25, 0.3) is 5.91 Å². The SMILES string of the molecule is CC(c1ccccc1)S(=O)(=O)c1cccc(/C=C/C(=O)NO)c1. The molecule has 2 aromatic carbocycles. The number of hydroxylamine groups is 1. The number of nitrogens with one attached hydrogen (secondary N) is 1. The molecule has 2 aromatic rings. The highest BCUT2D eigenvalue weighted by Gasteiger charge is 2.24. The zero-order valence-corrected chi connectivity index (χ0v) is 13.3. The molecule has 1 unspecified atom stereocenters. The van der Waals surface area contributed by atoms with Crippen LogP contribution >= 0.6 is 0 Å². The van der Waals surface area contributed by atoms with Crippen LogP contribution < -0.4 is 5.48 Å². The maximum Gasteiger partial charge on any atom is 0.267 e. The lowest BCUT2D eigenvalue weighted by atomic mass is 10.2. The van der Waals surface area contributed by atoms with Gasteiger partial charge in [0.15, 0.2) is 9.84 Å². The number of benzene rings is 2. The maximum absolute atomic E-state index is 12.7. The fourth-order valence-electron chi connectivity index (χ4n) is 2.11. The molecule has 6 heteroatoms. The predicted molar refractivity (Wildman–Crippen MR) is 87.4 cm³/mol. The van der Waals surface area contributed by atoms with E-state index in [1.54, 1.807) is 43.3 Å². The van der Waals surface area contributed by atoms with Crippen molar-refractivity contribution in [1.82, 2.24) is 5.48 Å². The van der Waals surface area contributed by atoms with E-state index in [-0.39, 0.29) is 4.90 Å². The van der Waals surface area contributed by atoms with Gasteiger partial charge in [0.05, 0.1) is 10.1 Å². The number of carbonyl (C=O) groups excluding carboxylic acids is 1. The maximum atomic E-state index is 12.7. The van der Waals surface area contributed by atoms with Gasteiger partial charge in [-0.3, -0.25) is 10.0 Å². The van der Waals surface area contributed by atoms with Crippen molar-refractivity contribution >= 4 is 21.8 Å². The fraction of sp³-hybridized carbons (Fsp3) is 0.118. The zero-order chi connectivity index (χ0) is 16.9. The van der Waals surface area contributed by atoms with Gasteiger partial charge in [-0.2, -0.15) is 0 Å². The lowest BCUT2D eigenvalue weighted by molar-refractivity contribution is -0.124. The molecule has 0 aromatic heterocycles. The van der Waals surface area contributed by atoms with Gasteiger partial charge >= 0.3 is 0 Å². The summed E-state index contributed by atoms with van der Waals surface area (Å²) in [7, 11) is -3.54. The monoisotopic (exact) mass is 331 g/mol. The standard InChI is InChI=1S/C17H17NO4S/c1-13(15-7-3-2-4-8-15)23(21,22)16-9-5-6-14(12-16)10-11-17(19)18-20/h2-13,20H,1H3,(H,18,19)/b11-10+. The Bertz CT molecular complexity index is 813. The van der Waals surface area contributed by atoms with Crippen molar-refractivity contribution in [2.45, 2.75) is 17.1 Å². The van der Waals surface area contributed by atoms with Gasteiger partial charge in [-0.1, -0.05) is 42.5 Å². The molecule has 0 saturated heterocycles. The van der Waals surface area contributed by atoms with Crippen LogP contribution in [0.5, 0.6) is 0 Å². The van der Waals surface area contributed by atoms with Crippen LogP contribution in [0.3, 0.4) is 0 Å². The first kappa shape index (κ1) is 16.9. The average molecular weight is 331 g/mol. The van der Waals surface area contributed by atoms with E-state index >= 15 is 0 Å². The summed E-state index contributed by atoms with van der Waals surface area (Å²) in [5.41, 5.74) is 2.74. The average Bonchev–Trinajstić information content (AvgIpc) is 2.60. The summed E-state index contributed by atoms with van der Waals surface area (Å²) in [6.45, 7) is 1.65. The summed E-state index contributed by atoms with van der Waals surface area (Å²) in [4.78, 5) is 11.2. The normalized spacial score (nSPS) is 13.0. The van der Waals surface area contributed by atoms with Crippen molar-refractivity contribution in [2.75, 3.05) is 0 Å². The molecule has 2 N–H and O–H groups in total. The number of amides is 1. The minimum absolute atomic E-state index is 0.181. The second-order valence-electron chi connectivity index (χ2n) is 4.98. The van der Waals surface area contributed by atoms with Crippen molar-refractivity contribution in [3.8, 4) is 0 Å². The van der Waals surface area contributed by atoms with E-state index in [4.69, 9.17) is 5.21 Å². The summed E-state index contributed by atoms with van der Waals surface area (Å²) in [5.74, 6) is -0.684. The van der Waals surface area contributed by atoms with Gasteiger partial charge in [-0.25, -0.2) is 13.9 Å². The van der Waals surface area contributed by atoms with Crippen molar-refractivity contribution in [3.63, 3.8) is 0 Å². The number of carbonyl (C=O) groups is 1. The molecule has 1 amide bonds. The molecule has 0 radical (unpaired) electrons. The van der Waals surface area contributed by atoms with Gasteiger partial charge in [0.2, 0.25) is 0 Å². The number of hydrogen-bond acceptors (Lipinski definition) is 4. The van der Waals surface area contributed by atoms with E-state index in [0.717, 1.165) is 6.08 Å². The highest BCUT2D eigenvalue weighted by Crippen LogP contribution is 2.28. The Morgan fingerprint density at radius 2 is 1.83 bits per heavy atom. The van der Waals surface area contributed by atoms with Crippen molar-refractivity contribution in [1.29, 1.82) is 0 Å². The largest absolute Gasteiger partial charge is 0.288 e. The Morgan fingerprint density at radius 1 is 1.13 bits per heavy atom. The van der Waals surface area contributed by atoms with Gasteiger partial charge in [0, 0.05) is 6.08 Å². The molecule has 120 valence electrons. The van der Waals surface area contributed by atoms with E-state index in [1.807, 2.05) is 6.07 Å². The Morgan fingerprint density at radius 3 is 2.48 bits per heavy atom. The molecule has 0 bridgehead atoms. The van der Waals surface area contributed by atoms with Crippen LogP contribution in [0.2, 0.25) is 0 Å². The quantitative estimate of drug-likeness (QED) is 0.501. The summed E-state index contributed by atoms with van der Waals surface area (Å²) in [6.07, 6.45) is 2.55. The van der Waals surface area contributed by atoms with Crippen molar-refractivity contribution in [3.05, 3.63) is 71.8 Å². The third-order valence-corrected chi connectivity index (χ3v) is 5.57. The van der Waals surface area contributed by atoms with Crippen LogP contribution in [-0.4, -0.2) is 19.5 Å². The summed E-state index contributed by atoms with van der Waals surface area (Å²) < 4.78 is 25.5. The third kappa shape index (κ3) is 4.06. The lowest BCUT2D eigenvalue weighted by Gasteiger charge is -2.13. The first-order valence-corrected chi connectivity index (χ1v) is 8.51. The molecule has 5 nitrogen and oxygen atoms in total. The first-order valence-electron chi connectivity index (χ1n) is 6.96. The lowest BCUT2D eigenvalue weighted by Crippen LogP contribution is -2.14. The van der Waals surface area contributed by atoms with Crippen molar-refractivity contribution in [2.24, 2.45) is 0 Å². The summed E-state index contributed by atoms with van der Waals surface area (Å²) >= 11 is 0. The molecular formula is C17H17NO4S. The third-order valence-electron chi connectivity index (χ3n) is 3.46. The molecule has 0 saturated carbocycles. The van der Waals surface area contributed by atoms with Crippen LogP contribution in [0.15, 0.2) is 65.6 Å². The molecule has 0 aliphatic carbocycles. The van der Waals surface area contributed by atoms with Crippen LogP contribution in [0.4, 0.5) is 0 Å². The smallest absolute Gasteiger partial charge is 0.267 e. The predicted octanol–water partition coefficient (Wildman–Crippen LogP) is 2.74. The van der Waals surface area contributed by atoms with E-state index in [2.05, 4.69) is 0 Å². The van der Waals surface area contributed by atoms with Gasteiger partial charge in [0.1, 0.15) is 0 Å². The summed E-state index contributed by atoms with van der Waals surface area (Å²) in [6, 6.07) is 15.3. The van der Waals surface area contributed by atoms with E-state index in [0.29, 0.717) is 11.1 Å². The molecule has 0 aliphatic heterocycles. The summed E-state index contributed by atoms with van der Waals surface area (Å²) in [5, 5.41) is 7.77. The van der Waals surface area contributed by atoms with E-state index in [1.165, 1.54) is 23.7 Å². The Labute approximate surface area is 135 Å². The second-order valence-corrected chi connectivity index (χ2v) is 7.25.